The van der Waals surface area contributed by atoms with Crippen LogP contribution in [0.5, 0.6) is 0 Å². The van der Waals surface area contributed by atoms with E-state index in [0.29, 0.717) is 17.1 Å². The van der Waals surface area contributed by atoms with Gasteiger partial charge in [0.25, 0.3) is 5.91 Å². The molecule has 0 aliphatic heterocycles. The van der Waals surface area contributed by atoms with Crippen molar-refractivity contribution in [2.75, 3.05) is 6.61 Å². The molecule has 0 saturated heterocycles. The van der Waals surface area contributed by atoms with Crippen LogP contribution in [0.1, 0.15) is 20.8 Å². The molecule has 1 heterocycles. The normalized spacial score (nSPS) is 9.70. The average molecular weight is 306 g/mol. The third-order valence-corrected chi connectivity index (χ3v) is 3.65. The van der Waals surface area contributed by atoms with Crippen molar-refractivity contribution in [3.63, 3.8) is 0 Å². The molecule has 5 heteroatoms. The number of amides is 1. The lowest BCUT2D eigenvalue weighted by Gasteiger charge is -2.03. The van der Waals surface area contributed by atoms with E-state index >= 15 is 0 Å². The molecule has 1 aromatic heterocycles. The highest BCUT2D eigenvalue weighted by Crippen LogP contribution is 2.14. The molecular weight excluding hydrogens is 294 g/mol. The summed E-state index contributed by atoms with van der Waals surface area (Å²) >= 11 is 7.36. The van der Waals surface area contributed by atoms with Crippen molar-refractivity contribution >= 4 is 28.8 Å². The fraction of sp³-hybridized carbons (Fsp3) is 0.133. The molecular formula is C15H12ClNO2S. The van der Waals surface area contributed by atoms with Gasteiger partial charge in [-0.15, -0.1) is 11.3 Å². The molecule has 0 radical (unpaired) electrons. The van der Waals surface area contributed by atoms with E-state index in [1.165, 1.54) is 11.3 Å². The minimum Gasteiger partial charge on any atom is -0.384 e. The van der Waals surface area contributed by atoms with E-state index in [1.807, 2.05) is 11.4 Å². The molecule has 0 aliphatic rings. The zero-order valence-electron chi connectivity index (χ0n) is 10.5. The fourth-order valence-electron chi connectivity index (χ4n) is 1.58. The Labute approximate surface area is 126 Å². The second-order valence-corrected chi connectivity index (χ2v) is 5.39. The summed E-state index contributed by atoms with van der Waals surface area (Å²) in [5, 5.41) is 13.9. The molecule has 0 bridgehead atoms. The van der Waals surface area contributed by atoms with Gasteiger partial charge in [0, 0.05) is 26.4 Å². The second kappa shape index (κ2) is 7.11. The lowest BCUT2D eigenvalue weighted by atomic mass is 10.2. The minimum atomic E-state index is -0.163. The number of carbonyl (C=O) groups excluding carboxylic acids is 1. The largest absolute Gasteiger partial charge is 0.384 e. The Balaban J connectivity index is 1.95. The Morgan fingerprint density at radius 3 is 3.00 bits per heavy atom. The summed E-state index contributed by atoms with van der Waals surface area (Å²) < 4.78 is 0. The summed E-state index contributed by atoms with van der Waals surface area (Å²) in [4.78, 5) is 12.9. The van der Waals surface area contributed by atoms with Crippen molar-refractivity contribution in [1.29, 1.82) is 0 Å². The molecule has 2 rings (SSSR count). The first-order valence-corrected chi connectivity index (χ1v) is 7.15. The molecule has 3 nitrogen and oxygen atoms in total. The molecule has 0 spiro atoms. The maximum atomic E-state index is 11.9. The van der Waals surface area contributed by atoms with Crippen LogP contribution in [0.2, 0.25) is 5.02 Å². The van der Waals surface area contributed by atoms with E-state index < -0.39 is 0 Å². The summed E-state index contributed by atoms with van der Waals surface area (Å²) in [6, 6.07) is 8.71. The molecule has 0 fully saturated rings. The number of halogens is 1. The fourth-order valence-corrected chi connectivity index (χ4v) is 2.53. The third-order valence-electron chi connectivity index (χ3n) is 2.48. The molecule has 1 aromatic carbocycles. The van der Waals surface area contributed by atoms with Crippen molar-refractivity contribution in [3.8, 4) is 11.8 Å². The lowest BCUT2D eigenvalue weighted by Crippen LogP contribution is -2.22. The third kappa shape index (κ3) is 4.10. The van der Waals surface area contributed by atoms with Gasteiger partial charge in [0.05, 0.1) is 6.54 Å². The Bertz CT molecular complexity index is 670. The van der Waals surface area contributed by atoms with Crippen LogP contribution in [0, 0.1) is 11.8 Å². The van der Waals surface area contributed by atoms with Crippen LogP contribution < -0.4 is 5.32 Å². The Morgan fingerprint density at radius 2 is 2.25 bits per heavy atom. The molecule has 0 atom stereocenters. The highest BCUT2D eigenvalue weighted by Gasteiger charge is 2.06. The molecule has 2 aromatic rings. The SMILES string of the molecule is O=C(NCc1cc(C#CCO)cs1)c1cccc(Cl)c1. The molecule has 20 heavy (non-hydrogen) atoms. The van der Waals surface area contributed by atoms with Gasteiger partial charge >= 0.3 is 0 Å². The van der Waals surface area contributed by atoms with Crippen LogP contribution in [-0.4, -0.2) is 17.6 Å². The first-order valence-electron chi connectivity index (χ1n) is 5.90. The Kier molecular flexibility index (Phi) is 5.19. The first-order chi connectivity index (χ1) is 9.69. The van der Waals surface area contributed by atoms with Gasteiger partial charge in [-0.25, -0.2) is 0 Å². The number of rotatable bonds is 3. The molecule has 2 N–H and O–H groups in total. The van der Waals surface area contributed by atoms with Crippen molar-refractivity contribution in [2.24, 2.45) is 0 Å². The van der Waals surface area contributed by atoms with Crippen LogP contribution >= 0.6 is 22.9 Å². The molecule has 0 saturated carbocycles. The van der Waals surface area contributed by atoms with Crippen molar-refractivity contribution < 1.29 is 9.90 Å². The number of hydrogen-bond acceptors (Lipinski definition) is 3. The summed E-state index contributed by atoms with van der Waals surface area (Å²) in [5.41, 5.74) is 1.38. The molecule has 0 aliphatic carbocycles. The Hall–Kier alpha value is -1.80. The lowest BCUT2D eigenvalue weighted by molar-refractivity contribution is 0.0951. The van der Waals surface area contributed by atoms with E-state index in [4.69, 9.17) is 16.7 Å². The van der Waals surface area contributed by atoms with Crippen LogP contribution in [-0.2, 0) is 6.54 Å². The van der Waals surface area contributed by atoms with Crippen LogP contribution in [0.4, 0.5) is 0 Å². The molecule has 1 amide bonds. The summed E-state index contributed by atoms with van der Waals surface area (Å²) in [5.74, 6) is 5.24. The number of aliphatic hydroxyl groups is 1. The van der Waals surface area contributed by atoms with Gasteiger partial charge in [0.2, 0.25) is 0 Å². The van der Waals surface area contributed by atoms with E-state index in [9.17, 15) is 4.79 Å². The van der Waals surface area contributed by atoms with Crippen molar-refractivity contribution in [3.05, 3.63) is 56.7 Å². The predicted octanol–water partition coefficient (Wildman–Crippen LogP) is 2.68. The van der Waals surface area contributed by atoms with E-state index in [0.717, 1.165) is 10.4 Å². The average Bonchev–Trinajstić information content (AvgIpc) is 2.90. The van der Waals surface area contributed by atoms with E-state index in [2.05, 4.69) is 17.2 Å². The molecule has 102 valence electrons. The number of aliphatic hydroxyl groups excluding tert-OH is 1. The minimum absolute atomic E-state index is 0.156. The second-order valence-electron chi connectivity index (χ2n) is 3.95. The zero-order valence-corrected chi connectivity index (χ0v) is 12.1. The molecule has 0 unspecified atom stereocenters. The maximum Gasteiger partial charge on any atom is 0.251 e. The summed E-state index contributed by atoms with van der Waals surface area (Å²) in [6.45, 7) is 0.285. The smallest absolute Gasteiger partial charge is 0.251 e. The summed E-state index contributed by atoms with van der Waals surface area (Å²) in [6.07, 6.45) is 0. The van der Waals surface area contributed by atoms with Gasteiger partial charge in [-0.3, -0.25) is 4.79 Å². The van der Waals surface area contributed by atoms with Crippen molar-refractivity contribution in [2.45, 2.75) is 6.54 Å². The van der Waals surface area contributed by atoms with E-state index in [1.54, 1.807) is 24.3 Å². The number of thiophene rings is 1. The number of benzene rings is 1. The monoisotopic (exact) mass is 305 g/mol. The standard InChI is InChI=1S/C15H12ClNO2S/c16-13-5-1-4-12(8-13)15(19)17-9-14-7-11(10-20-14)3-2-6-18/h1,4-5,7-8,10,18H,6,9H2,(H,17,19). The van der Waals surface area contributed by atoms with E-state index in [-0.39, 0.29) is 12.5 Å². The van der Waals surface area contributed by atoms with Gasteiger partial charge in [-0.1, -0.05) is 29.5 Å². The number of hydrogen-bond donors (Lipinski definition) is 2. The van der Waals surface area contributed by atoms with Crippen LogP contribution in [0.15, 0.2) is 35.7 Å². The number of nitrogens with one attached hydrogen (secondary N) is 1. The Morgan fingerprint density at radius 1 is 1.40 bits per heavy atom. The maximum absolute atomic E-state index is 11.9. The van der Waals surface area contributed by atoms with Gasteiger partial charge in [0.1, 0.15) is 6.61 Å². The topological polar surface area (TPSA) is 49.3 Å². The van der Waals surface area contributed by atoms with Gasteiger partial charge in [-0.05, 0) is 24.3 Å². The summed E-state index contributed by atoms with van der Waals surface area (Å²) in [7, 11) is 0. The van der Waals surface area contributed by atoms with Crippen molar-refractivity contribution in [1.82, 2.24) is 5.32 Å². The quantitative estimate of drug-likeness (QED) is 0.857. The highest BCUT2D eigenvalue weighted by atomic mass is 35.5. The van der Waals surface area contributed by atoms with Gasteiger partial charge in [-0.2, -0.15) is 0 Å². The number of carbonyl (C=O) groups is 1. The van der Waals surface area contributed by atoms with Gasteiger partial charge < -0.3 is 10.4 Å². The zero-order chi connectivity index (χ0) is 14.4. The van der Waals surface area contributed by atoms with Crippen LogP contribution in [0.25, 0.3) is 0 Å². The predicted molar refractivity (Wildman–Crippen MR) is 80.9 cm³/mol. The first kappa shape index (κ1) is 14.6. The highest BCUT2D eigenvalue weighted by molar-refractivity contribution is 7.10. The van der Waals surface area contributed by atoms with Crippen LogP contribution in [0.3, 0.4) is 0 Å². The van der Waals surface area contributed by atoms with Gasteiger partial charge in [0.15, 0.2) is 0 Å².